The number of rotatable bonds is 5. The van der Waals surface area contributed by atoms with Crippen LogP contribution in [0.2, 0.25) is 0 Å². The zero-order valence-electron chi connectivity index (χ0n) is 16.0. The van der Waals surface area contributed by atoms with Gasteiger partial charge in [-0.15, -0.1) is 0 Å². The van der Waals surface area contributed by atoms with Gasteiger partial charge in [-0.3, -0.25) is 4.79 Å². The summed E-state index contributed by atoms with van der Waals surface area (Å²) in [7, 11) is 0. The van der Waals surface area contributed by atoms with Crippen molar-refractivity contribution in [3.8, 4) is 17.0 Å². The van der Waals surface area contributed by atoms with Gasteiger partial charge in [0.05, 0.1) is 29.3 Å². The van der Waals surface area contributed by atoms with Crippen LogP contribution in [0.25, 0.3) is 17.0 Å². The van der Waals surface area contributed by atoms with Gasteiger partial charge in [-0.25, -0.2) is 14.1 Å². The standard InChI is InChI=1S/C22H19FN4O2/c1-14(2)21-19(11-25-27(21)18-9-5-16(23)6-10-18)22(28)26-17-7-3-15(4-8-17)20-12-24-13-29-20/h3-14H,1-2H3,(H,26,28). The second-order valence-electron chi connectivity index (χ2n) is 6.88. The van der Waals surface area contributed by atoms with Crippen molar-refractivity contribution in [3.05, 3.63) is 84.4 Å². The van der Waals surface area contributed by atoms with E-state index >= 15 is 0 Å². The van der Waals surface area contributed by atoms with E-state index in [1.807, 2.05) is 26.0 Å². The van der Waals surface area contributed by atoms with Crippen molar-refractivity contribution in [2.45, 2.75) is 19.8 Å². The highest BCUT2D eigenvalue weighted by Crippen LogP contribution is 2.25. The van der Waals surface area contributed by atoms with Gasteiger partial charge in [-0.05, 0) is 54.4 Å². The third-order valence-electron chi connectivity index (χ3n) is 4.53. The third-order valence-corrected chi connectivity index (χ3v) is 4.53. The van der Waals surface area contributed by atoms with Crippen LogP contribution in [0.5, 0.6) is 0 Å². The first-order valence-electron chi connectivity index (χ1n) is 9.17. The number of oxazole rings is 1. The lowest BCUT2D eigenvalue weighted by molar-refractivity contribution is 0.102. The second-order valence-corrected chi connectivity index (χ2v) is 6.88. The summed E-state index contributed by atoms with van der Waals surface area (Å²) in [6, 6.07) is 13.3. The fraction of sp³-hybridized carbons (Fsp3) is 0.136. The maximum atomic E-state index is 13.3. The van der Waals surface area contributed by atoms with E-state index in [1.165, 1.54) is 24.7 Å². The Hall–Kier alpha value is -3.74. The molecule has 146 valence electrons. The number of carbonyl (C=O) groups excluding carboxylic acids is 1. The lowest BCUT2D eigenvalue weighted by Crippen LogP contribution is -2.15. The molecular weight excluding hydrogens is 371 g/mol. The molecule has 0 saturated carbocycles. The molecule has 6 nitrogen and oxygen atoms in total. The summed E-state index contributed by atoms with van der Waals surface area (Å²) in [4.78, 5) is 16.8. The highest BCUT2D eigenvalue weighted by atomic mass is 19.1. The van der Waals surface area contributed by atoms with Gasteiger partial charge in [0.25, 0.3) is 5.91 Å². The van der Waals surface area contributed by atoms with Crippen molar-refractivity contribution in [2.24, 2.45) is 0 Å². The highest BCUT2D eigenvalue weighted by Gasteiger charge is 2.21. The van der Waals surface area contributed by atoms with Crippen LogP contribution in [0.4, 0.5) is 10.1 Å². The lowest BCUT2D eigenvalue weighted by Gasteiger charge is -2.13. The molecule has 4 rings (SSSR count). The Morgan fingerprint density at radius 2 is 1.79 bits per heavy atom. The van der Waals surface area contributed by atoms with Crippen molar-refractivity contribution in [1.29, 1.82) is 0 Å². The normalized spacial score (nSPS) is 11.0. The summed E-state index contributed by atoms with van der Waals surface area (Å²) in [6.07, 6.45) is 4.54. The van der Waals surface area contributed by atoms with E-state index in [0.29, 0.717) is 22.7 Å². The fourth-order valence-electron chi connectivity index (χ4n) is 3.15. The monoisotopic (exact) mass is 390 g/mol. The number of halogens is 1. The van der Waals surface area contributed by atoms with Crippen LogP contribution >= 0.6 is 0 Å². The van der Waals surface area contributed by atoms with E-state index in [0.717, 1.165) is 11.3 Å². The van der Waals surface area contributed by atoms with Gasteiger partial charge < -0.3 is 9.73 Å². The number of anilines is 1. The molecule has 0 unspecified atom stereocenters. The maximum absolute atomic E-state index is 13.3. The first-order chi connectivity index (χ1) is 14.0. The van der Waals surface area contributed by atoms with E-state index in [1.54, 1.807) is 35.1 Å². The predicted molar refractivity (Wildman–Crippen MR) is 108 cm³/mol. The van der Waals surface area contributed by atoms with Gasteiger partial charge >= 0.3 is 0 Å². The maximum Gasteiger partial charge on any atom is 0.259 e. The number of nitrogens with zero attached hydrogens (tertiary/aromatic N) is 3. The molecule has 2 aromatic carbocycles. The number of amides is 1. The van der Waals surface area contributed by atoms with Crippen LogP contribution in [0.1, 0.15) is 35.8 Å². The molecule has 0 radical (unpaired) electrons. The van der Waals surface area contributed by atoms with E-state index in [4.69, 9.17) is 4.42 Å². The second kappa shape index (κ2) is 7.71. The molecule has 1 N–H and O–H groups in total. The average Bonchev–Trinajstić information content (AvgIpc) is 3.39. The number of aromatic nitrogens is 3. The first kappa shape index (κ1) is 18.6. The van der Waals surface area contributed by atoms with E-state index in [9.17, 15) is 9.18 Å². The molecule has 2 aromatic heterocycles. The number of hydrogen-bond acceptors (Lipinski definition) is 4. The molecule has 0 fully saturated rings. The molecule has 0 aliphatic rings. The molecule has 2 heterocycles. The third kappa shape index (κ3) is 3.80. The summed E-state index contributed by atoms with van der Waals surface area (Å²) in [5.74, 6) is 0.121. The molecule has 0 bridgehead atoms. The smallest absolute Gasteiger partial charge is 0.259 e. The van der Waals surface area contributed by atoms with Crippen molar-refractivity contribution < 1.29 is 13.6 Å². The van der Waals surface area contributed by atoms with E-state index < -0.39 is 0 Å². The lowest BCUT2D eigenvalue weighted by atomic mass is 10.0. The Morgan fingerprint density at radius 1 is 1.07 bits per heavy atom. The van der Waals surface area contributed by atoms with Crippen molar-refractivity contribution in [2.75, 3.05) is 5.32 Å². The van der Waals surface area contributed by atoms with Crippen LogP contribution < -0.4 is 5.32 Å². The van der Waals surface area contributed by atoms with Crippen LogP contribution in [-0.4, -0.2) is 20.7 Å². The number of carbonyl (C=O) groups is 1. The molecule has 29 heavy (non-hydrogen) atoms. The zero-order valence-corrected chi connectivity index (χ0v) is 16.0. The van der Waals surface area contributed by atoms with Gasteiger partial charge in [0.2, 0.25) is 0 Å². The van der Waals surface area contributed by atoms with Crippen LogP contribution in [0, 0.1) is 5.82 Å². The predicted octanol–water partition coefficient (Wildman–Crippen LogP) is 5.04. The van der Waals surface area contributed by atoms with Gasteiger partial charge in [0, 0.05) is 11.3 Å². The Labute approximate surface area is 167 Å². The quantitative estimate of drug-likeness (QED) is 0.518. The summed E-state index contributed by atoms with van der Waals surface area (Å²) in [5, 5.41) is 7.26. The van der Waals surface area contributed by atoms with Crippen molar-refractivity contribution >= 4 is 11.6 Å². The van der Waals surface area contributed by atoms with Gasteiger partial charge in [0.1, 0.15) is 5.82 Å². The minimum atomic E-state index is -0.321. The Bertz CT molecular complexity index is 1110. The summed E-state index contributed by atoms with van der Waals surface area (Å²) in [6.45, 7) is 3.97. The fourth-order valence-corrected chi connectivity index (χ4v) is 3.15. The molecule has 7 heteroatoms. The van der Waals surface area contributed by atoms with E-state index in [2.05, 4.69) is 15.4 Å². The largest absolute Gasteiger partial charge is 0.444 e. The Kier molecular flexibility index (Phi) is 4.95. The van der Waals surface area contributed by atoms with Gasteiger partial charge in [-0.1, -0.05) is 13.8 Å². The number of benzene rings is 2. The summed E-state index contributed by atoms with van der Waals surface area (Å²) < 4.78 is 20.2. The number of nitrogens with one attached hydrogen (secondary N) is 1. The SMILES string of the molecule is CC(C)c1c(C(=O)Nc2ccc(-c3cnco3)cc2)cnn1-c1ccc(F)cc1. The molecule has 0 spiro atoms. The highest BCUT2D eigenvalue weighted by molar-refractivity contribution is 6.05. The molecule has 1 amide bonds. The van der Waals surface area contributed by atoms with E-state index in [-0.39, 0.29) is 17.6 Å². The molecule has 4 aromatic rings. The summed E-state index contributed by atoms with van der Waals surface area (Å²) >= 11 is 0. The Morgan fingerprint density at radius 3 is 2.41 bits per heavy atom. The van der Waals surface area contributed by atoms with Crippen molar-refractivity contribution in [1.82, 2.24) is 14.8 Å². The van der Waals surface area contributed by atoms with Crippen LogP contribution in [0.15, 0.2) is 71.7 Å². The molecule has 0 aliphatic heterocycles. The van der Waals surface area contributed by atoms with Crippen LogP contribution in [-0.2, 0) is 0 Å². The molecule has 0 saturated heterocycles. The molecule has 0 aliphatic carbocycles. The topological polar surface area (TPSA) is 73.0 Å². The average molecular weight is 390 g/mol. The number of hydrogen-bond donors (Lipinski definition) is 1. The van der Waals surface area contributed by atoms with Gasteiger partial charge in [0.15, 0.2) is 12.2 Å². The van der Waals surface area contributed by atoms with Crippen LogP contribution in [0.3, 0.4) is 0 Å². The minimum Gasteiger partial charge on any atom is -0.444 e. The molecule has 0 atom stereocenters. The Balaban J connectivity index is 1.59. The zero-order chi connectivity index (χ0) is 20.4. The molecular formula is C22H19FN4O2. The van der Waals surface area contributed by atoms with Crippen molar-refractivity contribution in [3.63, 3.8) is 0 Å². The van der Waals surface area contributed by atoms with Gasteiger partial charge in [-0.2, -0.15) is 5.10 Å². The first-order valence-corrected chi connectivity index (χ1v) is 9.17. The minimum absolute atomic E-state index is 0.0390. The summed E-state index contributed by atoms with van der Waals surface area (Å²) in [5.41, 5.74) is 3.46.